The van der Waals surface area contributed by atoms with Gasteiger partial charge in [-0.1, -0.05) is 66.2 Å². The van der Waals surface area contributed by atoms with Crippen LogP contribution in [0.25, 0.3) is 0 Å². The van der Waals surface area contributed by atoms with Gasteiger partial charge in [0.15, 0.2) is 0 Å². The van der Waals surface area contributed by atoms with Crippen LogP contribution in [-0.2, 0) is 6.42 Å². The van der Waals surface area contributed by atoms with E-state index in [0.717, 1.165) is 17.5 Å². The highest BCUT2D eigenvalue weighted by Gasteiger charge is 2.33. The first-order valence-electron chi connectivity index (χ1n) is 10.8. The molecule has 0 spiro atoms. The minimum absolute atomic E-state index is 0.0393. The Kier molecular flexibility index (Phi) is 7.70. The van der Waals surface area contributed by atoms with E-state index >= 15 is 0 Å². The van der Waals surface area contributed by atoms with Crippen LogP contribution < -0.4 is 5.32 Å². The maximum absolute atomic E-state index is 9.89. The number of hydrogen-bond acceptors (Lipinski definition) is 3. The summed E-state index contributed by atoms with van der Waals surface area (Å²) in [5.41, 5.74) is 3.40. The maximum Gasteiger partial charge on any atom is 0.0991 e. The molecule has 0 aromatic heterocycles. The molecular formula is C28H28ClN3. The molecular weight excluding hydrogens is 414 g/mol. The van der Waals surface area contributed by atoms with E-state index in [-0.39, 0.29) is 18.0 Å². The SMILES string of the molecule is C[C@H](N[C@@H](c1ccccc1)C(C)(C)C#N)C(Cc1ccc(Cl)cc1)c1cccc(C#N)c1. The Morgan fingerprint density at radius 1 is 0.906 bits per heavy atom. The average molecular weight is 442 g/mol. The minimum atomic E-state index is -0.602. The zero-order valence-corrected chi connectivity index (χ0v) is 19.5. The van der Waals surface area contributed by atoms with Crippen molar-refractivity contribution in [3.05, 3.63) is 106 Å². The Labute approximate surface area is 196 Å². The van der Waals surface area contributed by atoms with E-state index in [4.69, 9.17) is 11.6 Å². The van der Waals surface area contributed by atoms with Crippen molar-refractivity contribution in [2.24, 2.45) is 5.41 Å². The average Bonchev–Trinajstić information content (AvgIpc) is 2.82. The van der Waals surface area contributed by atoms with Crippen LogP contribution >= 0.6 is 11.6 Å². The standard InChI is InChI=1S/C28H28ClN3/c1-20(32-27(28(2,3)19-31)23-9-5-4-6-10-23)26(17-21-12-14-25(29)15-13-21)24-11-7-8-22(16-24)18-30/h4-16,20,26-27,32H,17H2,1-3H3/t20-,26?,27-/m0/s1. The van der Waals surface area contributed by atoms with Gasteiger partial charge in [-0.3, -0.25) is 0 Å². The van der Waals surface area contributed by atoms with Gasteiger partial charge in [0, 0.05) is 17.0 Å². The van der Waals surface area contributed by atoms with Crippen LogP contribution in [0.1, 0.15) is 55.0 Å². The predicted molar refractivity (Wildman–Crippen MR) is 130 cm³/mol. The first kappa shape index (κ1) is 23.6. The second-order valence-electron chi connectivity index (χ2n) is 8.81. The lowest BCUT2D eigenvalue weighted by Crippen LogP contribution is -2.42. The molecule has 3 aromatic carbocycles. The molecule has 0 fully saturated rings. The van der Waals surface area contributed by atoms with Crippen LogP contribution in [0, 0.1) is 28.1 Å². The summed E-state index contributed by atoms with van der Waals surface area (Å²) in [6.07, 6.45) is 0.786. The van der Waals surface area contributed by atoms with Gasteiger partial charge in [0.1, 0.15) is 0 Å². The van der Waals surface area contributed by atoms with Crippen LogP contribution in [0.2, 0.25) is 5.02 Å². The Bertz CT molecular complexity index is 1110. The molecule has 3 nitrogen and oxygen atoms in total. The number of nitriles is 2. The molecule has 3 rings (SSSR count). The summed E-state index contributed by atoms with van der Waals surface area (Å²) in [7, 11) is 0. The van der Waals surface area contributed by atoms with Gasteiger partial charge in [0.25, 0.3) is 0 Å². The van der Waals surface area contributed by atoms with Crippen molar-refractivity contribution in [1.29, 1.82) is 10.5 Å². The van der Waals surface area contributed by atoms with Crippen molar-refractivity contribution >= 4 is 11.6 Å². The van der Waals surface area contributed by atoms with Crippen molar-refractivity contribution in [3.8, 4) is 12.1 Å². The molecule has 4 heteroatoms. The van der Waals surface area contributed by atoms with Gasteiger partial charge in [0.2, 0.25) is 0 Å². The molecule has 0 bridgehead atoms. The predicted octanol–water partition coefficient (Wildman–Crippen LogP) is 6.81. The van der Waals surface area contributed by atoms with Gasteiger partial charge in [0.05, 0.1) is 29.2 Å². The van der Waals surface area contributed by atoms with E-state index in [1.165, 1.54) is 5.56 Å². The lowest BCUT2D eigenvalue weighted by atomic mass is 9.79. The van der Waals surface area contributed by atoms with E-state index in [1.807, 2.05) is 74.5 Å². The molecule has 3 atom stereocenters. The van der Waals surface area contributed by atoms with Gasteiger partial charge in [-0.25, -0.2) is 0 Å². The van der Waals surface area contributed by atoms with E-state index in [2.05, 4.69) is 42.6 Å². The highest BCUT2D eigenvalue weighted by Crippen LogP contribution is 2.35. The summed E-state index contributed by atoms with van der Waals surface area (Å²) in [6, 6.07) is 30.4. The Morgan fingerprint density at radius 3 is 2.19 bits per heavy atom. The molecule has 0 heterocycles. The lowest BCUT2D eigenvalue weighted by Gasteiger charge is -2.35. The molecule has 0 saturated heterocycles. The highest BCUT2D eigenvalue weighted by atomic mass is 35.5. The molecule has 0 saturated carbocycles. The second-order valence-corrected chi connectivity index (χ2v) is 9.24. The Balaban J connectivity index is 1.97. The molecule has 1 N–H and O–H groups in total. The summed E-state index contributed by atoms with van der Waals surface area (Å²) < 4.78 is 0. The maximum atomic E-state index is 9.89. The third-order valence-electron chi connectivity index (χ3n) is 5.99. The van der Waals surface area contributed by atoms with Crippen molar-refractivity contribution < 1.29 is 0 Å². The molecule has 1 unspecified atom stereocenters. The summed E-state index contributed by atoms with van der Waals surface area (Å²) >= 11 is 6.09. The van der Waals surface area contributed by atoms with Gasteiger partial charge in [-0.05, 0) is 68.1 Å². The number of hydrogen-bond donors (Lipinski definition) is 1. The summed E-state index contributed by atoms with van der Waals surface area (Å²) in [4.78, 5) is 0. The van der Waals surface area contributed by atoms with Gasteiger partial charge in [-0.15, -0.1) is 0 Å². The fourth-order valence-electron chi connectivity index (χ4n) is 4.11. The molecule has 3 aromatic rings. The van der Waals surface area contributed by atoms with Gasteiger partial charge >= 0.3 is 0 Å². The third-order valence-corrected chi connectivity index (χ3v) is 6.24. The largest absolute Gasteiger partial charge is 0.305 e. The summed E-state index contributed by atoms with van der Waals surface area (Å²) in [6.45, 7) is 6.09. The Morgan fingerprint density at radius 2 is 1.56 bits per heavy atom. The van der Waals surface area contributed by atoms with E-state index < -0.39 is 5.41 Å². The number of nitrogens with zero attached hydrogens (tertiary/aromatic N) is 2. The first-order chi connectivity index (χ1) is 15.3. The van der Waals surface area contributed by atoms with Crippen molar-refractivity contribution in [1.82, 2.24) is 5.32 Å². The first-order valence-corrected chi connectivity index (χ1v) is 11.2. The molecule has 162 valence electrons. The van der Waals surface area contributed by atoms with E-state index in [0.29, 0.717) is 10.6 Å². The van der Waals surface area contributed by atoms with E-state index in [1.54, 1.807) is 0 Å². The second kappa shape index (κ2) is 10.5. The zero-order chi connectivity index (χ0) is 23.1. The number of benzene rings is 3. The summed E-state index contributed by atoms with van der Waals surface area (Å²) in [5.74, 6) is 0.102. The number of rotatable bonds is 8. The normalized spacial score (nSPS) is 14.1. The number of halogens is 1. The molecule has 32 heavy (non-hydrogen) atoms. The van der Waals surface area contributed by atoms with Crippen molar-refractivity contribution in [2.75, 3.05) is 0 Å². The van der Waals surface area contributed by atoms with Crippen LogP contribution in [0.4, 0.5) is 0 Å². The van der Waals surface area contributed by atoms with Crippen LogP contribution in [0.3, 0.4) is 0 Å². The summed E-state index contributed by atoms with van der Waals surface area (Å²) in [5, 5.41) is 23.8. The van der Waals surface area contributed by atoms with Crippen LogP contribution in [0.15, 0.2) is 78.9 Å². The van der Waals surface area contributed by atoms with Crippen LogP contribution in [-0.4, -0.2) is 6.04 Å². The molecule has 0 aliphatic carbocycles. The topological polar surface area (TPSA) is 59.6 Å². The van der Waals surface area contributed by atoms with Crippen molar-refractivity contribution in [3.63, 3.8) is 0 Å². The quantitative estimate of drug-likeness (QED) is 0.417. The number of nitrogens with one attached hydrogen (secondary N) is 1. The van der Waals surface area contributed by atoms with Crippen molar-refractivity contribution in [2.45, 2.75) is 45.2 Å². The zero-order valence-electron chi connectivity index (χ0n) is 18.7. The van der Waals surface area contributed by atoms with Crippen LogP contribution in [0.5, 0.6) is 0 Å². The van der Waals surface area contributed by atoms with Gasteiger partial charge in [-0.2, -0.15) is 10.5 Å². The monoisotopic (exact) mass is 441 g/mol. The minimum Gasteiger partial charge on any atom is -0.305 e. The molecule has 0 radical (unpaired) electrons. The fourth-order valence-corrected chi connectivity index (χ4v) is 4.23. The molecule has 0 aliphatic heterocycles. The third kappa shape index (κ3) is 5.77. The van der Waals surface area contributed by atoms with Gasteiger partial charge < -0.3 is 5.32 Å². The fraction of sp³-hybridized carbons (Fsp3) is 0.286. The molecule has 0 aliphatic rings. The lowest BCUT2D eigenvalue weighted by molar-refractivity contribution is 0.281. The Hall–Kier alpha value is -3.11. The molecule has 0 amide bonds. The highest BCUT2D eigenvalue weighted by molar-refractivity contribution is 6.30. The van der Waals surface area contributed by atoms with E-state index in [9.17, 15) is 10.5 Å². The smallest absolute Gasteiger partial charge is 0.0991 e.